The topological polar surface area (TPSA) is 53.4 Å². The number of aryl methyl sites for hydroxylation is 1. The Morgan fingerprint density at radius 3 is 2.85 bits per heavy atom. The summed E-state index contributed by atoms with van der Waals surface area (Å²) in [4.78, 5) is 17.7. The van der Waals surface area contributed by atoms with Crippen molar-refractivity contribution in [2.75, 3.05) is 32.7 Å². The highest BCUT2D eigenvalue weighted by Crippen LogP contribution is 2.17. The summed E-state index contributed by atoms with van der Waals surface area (Å²) in [7, 11) is 0. The van der Waals surface area contributed by atoms with Crippen molar-refractivity contribution in [2.24, 2.45) is 0 Å². The minimum absolute atomic E-state index is 0.00975. The third-order valence-corrected chi connectivity index (χ3v) is 5.61. The predicted molar refractivity (Wildman–Crippen MR) is 106 cm³/mol. The Labute approximate surface area is 161 Å². The molecule has 3 fully saturated rings. The second kappa shape index (κ2) is 7.82. The van der Waals surface area contributed by atoms with Gasteiger partial charge in [-0.2, -0.15) is 5.10 Å². The lowest BCUT2D eigenvalue weighted by Crippen LogP contribution is -2.57. The summed E-state index contributed by atoms with van der Waals surface area (Å²) in [5.41, 5.74) is 3.17. The lowest BCUT2D eigenvalue weighted by Gasteiger charge is -2.37. The molecule has 6 nitrogen and oxygen atoms in total. The molecule has 6 heteroatoms. The van der Waals surface area contributed by atoms with E-state index in [1.54, 1.807) is 0 Å². The van der Waals surface area contributed by atoms with Crippen LogP contribution in [0.2, 0.25) is 0 Å². The fourth-order valence-corrected chi connectivity index (χ4v) is 4.29. The highest BCUT2D eigenvalue weighted by Gasteiger charge is 2.34. The fourth-order valence-electron chi connectivity index (χ4n) is 4.29. The number of carbonyl (C=O) groups is 1. The van der Waals surface area contributed by atoms with Crippen molar-refractivity contribution in [3.63, 3.8) is 0 Å². The van der Waals surface area contributed by atoms with Crippen LogP contribution in [0.4, 0.5) is 0 Å². The van der Waals surface area contributed by atoms with E-state index in [0.717, 1.165) is 62.6 Å². The minimum Gasteiger partial charge on any atom is -0.352 e. The third kappa shape index (κ3) is 4.06. The Kier molecular flexibility index (Phi) is 5.27. The number of nitrogens with one attached hydrogen (secondary N) is 1. The number of amides is 1. The molecule has 0 radical (unpaired) electrons. The average molecular weight is 367 g/mol. The van der Waals surface area contributed by atoms with Crippen molar-refractivity contribution in [1.29, 1.82) is 0 Å². The number of aromatic nitrogens is 2. The molecule has 144 valence electrons. The zero-order valence-corrected chi connectivity index (χ0v) is 16.3. The van der Waals surface area contributed by atoms with Crippen LogP contribution >= 0.6 is 0 Å². The normalized spacial score (nSPS) is 25.8. The highest BCUT2D eigenvalue weighted by atomic mass is 16.2. The van der Waals surface area contributed by atoms with Crippen LogP contribution in [0.1, 0.15) is 24.7 Å². The zero-order chi connectivity index (χ0) is 18.8. The molecule has 1 N–H and O–H groups in total. The number of benzene rings is 1. The van der Waals surface area contributed by atoms with Gasteiger partial charge in [0.05, 0.1) is 11.4 Å². The molecule has 0 spiro atoms. The van der Waals surface area contributed by atoms with Crippen LogP contribution in [0.15, 0.2) is 36.4 Å². The summed E-state index contributed by atoms with van der Waals surface area (Å²) in [6.07, 6.45) is 1.92. The molecule has 1 aromatic carbocycles. The van der Waals surface area contributed by atoms with E-state index in [1.165, 1.54) is 0 Å². The average Bonchev–Trinajstić information content (AvgIpc) is 2.83. The molecule has 0 saturated carbocycles. The SMILES string of the molecule is Cc1cc(CC(C)NC(=O)C2CN3CCCN2CC3)n(-c2ccccc2)n1. The molecule has 3 aliphatic rings. The fraction of sp³-hybridized carbons (Fsp3) is 0.524. The van der Waals surface area contributed by atoms with Gasteiger partial charge < -0.3 is 5.32 Å². The maximum Gasteiger partial charge on any atom is 0.238 e. The molecule has 27 heavy (non-hydrogen) atoms. The number of hydrogen-bond donors (Lipinski definition) is 1. The number of piperazine rings is 1. The Morgan fingerprint density at radius 2 is 2.04 bits per heavy atom. The van der Waals surface area contributed by atoms with Crippen LogP contribution in [0, 0.1) is 6.92 Å². The molecule has 2 aromatic rings. The van der Waals surface area contributed by atoms with Crippen molar-refractivity contribution >= 4 is 5.91 Å². The minimum atomic E-state index is -0.00975. The van der Waals surface area contributed by atoms with Crippen LogP contribution < -0.4 is 5.32 Å². The van der Waals surface area contributed by atoms with Gasteiger partial charge in [-0.1, -0.05) is 18.2 Å². The van der Waals surface area contributed by atoms with E-state index < -0.39 is 0 Å². The maximum absolute atomic E-state index is 12.9. The van der Waals surface area contributed by atoms with Crippen molar-refractivity contribution < 1.29 is 4.79 Å². The van der Waals surface area contributed by atoms with E-state index in [-0.39, 0.29) is 18.0 Å². The van der Waals surface area contributed by atoms with Gasteiger partial charge in [-0.15, -0.1) is 0 Å². The van der Waals surface area contributed by atoms with Gasteiger partial charge in [0.25, 0.3) is 0 Å². The van der Waals surface area contributed by atoms with Gasteiger partial charge in [0, 0.05) is 44.3 Å². The van der Waals surface area contributed by atoms with Gasteiger partial charge in [-0.05, 0) is 45.0 Å². The van der Waals surface area contributed by atoms with Crippen LogP contribution in [-0.4, -0.2) is 70.3 Å². The van der Waals surface area contributed by atoms with Gasteiger partial charge in [0.15, 0.2) is 0 Å². The molecule has 1 amide bonds. The zero-order valence-electron chi connectivity index (χ0n) is 16.3. The van der Waals surface area contributed by atoms with Gasteiger partial charge in [-0.3, -0.25) is 14.6 Å². The largest absolute Gasteiger partial charge is 0.352 e. The monoisotopic (exact) mass is 367 g/mol. The van der Waals surface area contributed by atoms with Crippen molar-refractivity contribution in [1.82, 2.24) is 24.9 Å². The third-order valence-electron chi connectivity index (χ3n) is 5.61. The van der Waals surface area contributed by atoms with Gasteiger partial charge >= 0.3 is 0 Å². The smallest absolute Gasteiger partial charge is 0.238 e. The van der Waals surface area contributed by atoms with Gasteiger partial charge in [-0.25, -0.2) is 4.68 Å². The molecule has 4 unspecified atom stereocenters. The van der Waals surface area contributed by atoms with E-state index in [1.807, 2.05) is 29.8 Å². The first-order valence-corrected chi connectivity index (χ1v) is 9.98. The quantitative estimate of drug-likeness (QED) is 0.873. The highest BCUT2D eigenvalue weighted by molar-refractivity contribution is 5.82. The van der Waals surface area contributed by atoms with Gasteiger partial charge in [0.2, 0.25) is 5.91 Å². The first-order valence-electron chi connectivity index (χ1n) is 9.98. The Hall–Kier alpha value is -2.18. The number of carbonyl (C=O) groups excluding carboxylic acids is 1. The number of hydrogen-bond acceptors (Lipinski definition) is 4. The number of fused-ring (bicyclic) bond motifs is 4. The predicted octanol–water partition coefficient (Wildman–Crippen LogP) is 1.62. The van der Waals surface area contributed by atoms with E-state index in [2.05, 4.69) is 45.3 Å². The standard InChI is InChI=1S/C21H29N5O/c1-16(22-21(27)20-15-24-9-6-10-25(20)12-11-24)13-19-14-17(2)23-26(19)18-7-4-3-5-8-18/h3-5,7-8,14,16,20H,6,9-13,15H2,1-2H3,(H,22,27). The number of rotatable bonds is 5. The molecule has 0 aliphatic carbocycles. The molecular formula is C21H29N5O. The number of para-hydroxylation sites is 1. The molecule has 2 bridgehead atoms. The second-order valence-corrected chi connectivity index (χ2v) is 7.84. The van der Waals surface area contributed by atoms with Crippen molar-refractivity contribution in [2.45, 2.75) is 38.8 Å². The van der Waals surface area contributed by atoms with Gasteiger partial charge in [0.1, 0.15) is 6.04 Å². The summed E-state index contributed by atoms with van der Waals surface area (Å²) in [5.74, 6) is 0.164. The Morgan fingerprint density at radius 1 is 1.22 bits per heavy atom. The van der Waals surface area contributed by atoms with Crippen molar-refractivity contribution in [3.8, 4) is 5.69 Å². The molecule has 3 saturated heterocycles. The summed E-state index contributed by atoms with van der Waals surface area (Å²) in [6, 6.07) is 12.3. The number of nitrogens with zero attached hydrogens (tertiary/aromatic N) is 4. The first-order chi connectivity index (χ1) is 13.1. The first kappa shape index (κ1) is 18.2. The summed E-state index contributed by atoms with van der Waals surface area (Å²) < 4.78 is 1.99. The molecule has 1 aromatic heterocycles. The Bertz CT molecular complexity index is 783. The van der Waals surface area contributed by atoms with E-state index >= 15 is 0 Å². The van der Waals surface area contributed by atoms with Crippen LogP contribution in [0.5, 0.6) is 0 Å². The maximum atomic E-state index is 12.9. The molecule has 3 aliphatic heterocycles. The molecule has 4 atom stereocenters. The summed E-state index contributed by atoms with van der Waals surface area (Å²) in [6.45, 7) is 9.20. The van der Waals surface area contributed by atoms with Crippen LogP contribution in [0.3, 0.4) is 0 Å². The lowest BCUT2D eigenvalue weighted by atomic mass is 10.1. The molecule has 5 rings (SSSR count). The van der Waals surface area contributed by atoms with Crippen LogP contribution in [0.25, 0.3) is 5.69 Å². The van der Waals surface area contributed by atoms with E-state index in [0.29, 0.717) is 0 Å². The Balaban J connectivity index is 1.43. The summed E-state index contributed by atoms with van der Waals surface area (Å²) in [5, 5.41) is 7.89. The lowest BCUT2D eigenvalue weighted by molar-refractivity contribution is -0.128. The van der Waals surface area contributed by atoms with E-state index in [9.17, 15) is 4.79 Å². The molecular weight excluding hydrogens is 338 g/mol. The summed E-state index contributed by atoms with van der Waals surface area (Å²) >= 11 is 0. The second-order valence-electron chi connectivity index (χ2n) is 7.84. The van der Waals surface area contributed by atoms with E-state index in [4.69, 9.17) is 0 Å². The van der Waals surface area contributed by atoms with Crippen molar-refractivity contribution in [3.05, 3.63) is 47.8 Å². The molecule has 4 heterocycles. The van der Waals surface area contributed by atoms with Crippen LogP contribution in [-0.2, 0) is 11.2 Å².